The lowest BCUT2D eigenvalue weighted by molar-refractivity contribution is -0.136. The van der Waals surface area contributed by atoms with Crippen molar-refractivity contribution in [2.45, 2.75) is 38.3 Å². The average Bonchev–Trinajstić information content (AvgIpc) is 3.07. The molecule has 0 atom stereocenters. The van der Waals surface area contributed by atoms with Gasteiger partial charge in [-0.25, -0.2) is 4.79 Å². The Labute approximate surface area is 219 Å². The average molecular weight is 521 g/mol. The van der Waals surface area contributed by atoms with Crippen LogP contribution >= 0.6 is 11.6 Å². The Hall–Kier alpha value is -3.65. The molecule has 2 aliphatic heterocycles. The smallest absolute Gasteiger partial charge is 0.331 e. The summed E-state index contributed by atoms with van der Waals surface area (Å²) in [7, 11) is 1.40. The quantitative estimate of drug-likeness (QED) is 0.529. The molecule has 2 amide bonds. The minimum atomic E-state index is -0.557. The van der Waals surface area contributed by atoms with Crippen molar-refractivity contribution in [1.82, 2.24) is 18.9 Å². The Kier molecular flexibility index (Phi) is 7.02. The largest absolute Gasteiger partial charge is 0.341 e. The van der Waals surface area contributed by atoms with E-state index in [1.165, 1.54) is 23.4 Å². The summed E-state index contributed by atoms with van der Waals surface area (Å²) in [5.41, 5.74) is 2.08. The predicted molar refractivity (Wildman–Crippen MR) is 142 cm³/mol. The summed E-state index contributed by atoms with van der Waals surface area (Å²) in [6.45, 7) is 1.54. The zero-order valence-corrected chi connectivity index (χ0v) is 21.5. The number of fused-ring (bicyclic) bond motifs is 1. The second-order valence-corrected chi connectivity index (χ2v) is 10.1. The van der Waals surface area contributed by atoms with E-state index in [9.17, 15) is 19.2 Å². The SMILES string of the molecule is Cn1c(=O)c(-c2ccccc2Cl)cn(CC(=O)N2CCC(N3CCc4ccccc4CC3=O)CC2)c1=O. The summed E-state index contributed by atoms with van der Waals surface area (Å²) in [6, 6.07) is 15.1. The minimum absolute atomic E-state index is 0.0953. The Balaban J connectivity index is 1.27. The van der Waals surface area contributed by atoms with Crippen molar-refractivity contribution in [3.8, 4) is 11.1 Å². The van der Waals surface area contributed by atoms with Gasteiger partial charge in [-0.3, -0.25) is 23.5 Å². The summed E-state index contributed by atoms with van der Waals surface area (Å²) >= 11 is 6.29. The number of rotatable bonds is 4. The second-order valence-electron chi connectivity index (χ2n) is 9.69. The van der Waals surface area contributed by atoms with E-state index >= 15 is 0 Å². The molecule has 3 heterocycles. The number of benzene rings is 2. The van der Waals surface area contributed by atoms with Crippen LogP contribution < -0.4 is 11.2 Å². The lowest BCUT2D eigenvalue weighted by atomic mass is 10.0. The molecular weight excluding hydrogens is 492 g/mol. The number of halogens is 1. The summed E-state index contributed by atoms with van der Waals surface area (Å²) in [6.07, 6.45) is 4.06. The first-order valence-electron chi connectivity index (χ1n) is 12.5. The van der Waals surface area contributed by atoms with Gasteiger partial charge >= 0.3 is 5.69 Å². The van der Waals surface area contributed by atoms with Crippen LogP contribution in [0.5, 0.6) is 0 Å². The van der Waals surface area contributed by atoms with Gasteiger partial charge in [0.05, 0.1) is 12.0 Å². The molecule has 5 rings (SSSR count). The van der Waals surface area contributed by atoms with E-state index in [1.807, 2.05) is 23.1 Å². The van der Waals surface area contributed by atoms with Gasteiger partial charge in [-0.15, -0.1) is 0 Å². The molecule has 37 heavy (non-hydrogen) atoms. The van der Waals surface area contributed by atoms with Crippen LogP contribution in [-0.2, 0) is 36.0 Å². The number of nitrogens with zero attached hydrogens (tertiary/aromatic N) is 4. The molecule has 9 heteroatoms. The number of hydrogen-bond donors (Lipinski definition) is 0. The fraction of sp³-hybridized carbons (Fsp3) is 0.357. The van der Waals surface area contributed by atoms with Crippen molar-refractivity contribution in [3.63, 3.8) is 0 Å². The zero-order valence-electron chi connectivity index (χ0n) is 20.7. The normalized spacial score (nSPS) is 16.4. The molecule has 0 unspecified atom stereocenters. The first-order valence-corrected chi connectivity index (χ1v) is 12.9. The number of aromatic nitrogens is 2. The van der Waals surface area contributed by atoms with Crippen molar-refractivity contribution in [3.05, 3.63) is 91.7 Å². The summed E-state index contributed by atoms with van der Waals surface area (Å²) < 4.78 is 2.27. The third kappa shape index (κ3) is 4.98. The lowest BCUT2D eigenvalue weighted by Gasteiger charge is -2.38. The maximum absolute atomic E-state index is 13.2. The third-order valence-electron chi connectivity index (χ3n) is 7.48. The molecule has 192 valence electrons. The highest BCUT2D eigenvalue weighted by atomic mass is 35.5. The van der Waals surface area contributed by atoms with E-state index in [4.69, 9.17) is 11.6 Å². The highest BCUT2D eigenvalue weighted by molar-refractivity contribution is 6.33. The Morgan fingerprint density at radius 1 is 0.919 bits per heavy atom. The van der Waals surface area contributed by atoms with E-state index in [2.05, 4.69) is 6.07 Å². The molecule has 1 aromatic heterocycles. The number of likely N-dealkylation sites (tertiary alicyclic amines) is 1. The molecule has 1 fully saturated rings. The van der Waals surface area contributed by atoms with Gasteiger partial charge in [0.1, 0.15) is 6.54 Å². The molecule has 0 bridgehead atoms. The van der Waals surface area contributed by atoms with Crippen LogP contribution in [0.1, 0.15) is 24.0 Å². The minimum Gasteiger partial charge on any atom is -0.341 e. The van der Waals surface area contributed by atoms with Gasteiger partial charge in [0, 0.05) is 49.5 Å². The second kappa shape index (κ2) is 10.4. The molecule has 0 radical (unpaired) electrons. The maximum Gasteiger partial charge on any atom is 0.331 e. The lowest BCUT2D eigenvalue weighted by Crippen LogP contribution is -2.50. The molecule has 0 spiro atoms. The maximum atomic E-state index is 13.2. The van der Waals surface area contributed by atoms with Crippen LogP contribution in [0.2, 0.25) is 5.02 Å². The first-order chi connectivity index (χ1) is 17.8. The van der Waals surface area contributed by atoms with Crippen LogP contribution in [0, 0.1) is 0 Å². The van der Waals surface area contributed by atoms with Crippen LogP contribution in [0.3, 0.4) is 0 Å². The van der Waals surface area contributed by atoms with E-state index in [-0.39, 0.29) is 30.0 Å². The highest BCUT2D eigenvalue weighted by Gasteiger charge is 2.31. The fourth-order valence-electron chi connectivity index (χ4n) is 5.37. The number of carbonyl (C=O) groups is 2. The van der Waals surface area contributed by atoms with Crippen molar-refractivity contribution in [2.75, 3.05) is 19.6 Å². The van der Waals surface area contributed by atoms with Crippen LogP contribution in [0.25, 0.3) is 11.1 Å². The Morgan fingerprint density at radius 2 is 1.59 bits per heavy atom. The topological polar surface area (TPSA) is 84.6 Å². The third-order valence-corrected chi connectivity index (χ3v) is 7.81. The molecule has 0 saturated carbocycles. The van der Waals surface area contributed by atoms with Crippen LogP contribution in [-0.4, -0.2) is 56.4 Å². The fourth-order valence-corrected chi connectivity index (χ4v) is 5.60. The molecule has 3 aromatic rings. The van der Waals surface area contributed by atoms with Crippen molar-refractivity contribution in [2.24, 2.45) is 7.05 Å². The van der Waals surface area contributed by atoms with Gasteiger partial charge in [-0.05, 0) is 36.5 Å². The molecular formula is C28H29ClN4O4. The molecule has 8 nitrogen and oxygen atoms in total. The summed E-state index contributed by atoms with van der Waals surface area (Å²) in [5, 5.41) is 0.393. The van der Waals surface area contributed by atoms with Gasteiger partial charge in [-0.1, -0.05) is 54.1 Å². The van der Waals surface area contributed by atoms with Gasteiger partial charge in [0.2, 0.25) is 11.8 Å². The van der Waals surface area contributed by atoms with E-state index in [0.29, 0.717) is 49.5 Å². The monoisotopic (exact) mass is 520 g/mol. The van der Waals surface area contributed by atoms with Crippen molar-refractivity contribution < 1.29 is 9.59 Å². The number of hydrogen-bond acceptors (Lipinski definition) is 4. The first kappa shape index (κ1) is 25.0. The van der Waals surface area contributed by atoms with Crippen molar-refractivity contribution >= 4 is 23.4 Å². The Morgan fingerprint density at radius 3 is 2.32 bits per heavy atom. The highest BCUT2D eigenvalue weighted by Crippen LogP contribution is 2.25. The van der Waals surface area contributed by atoms with Gasteiger partial charge < -0.3 is 9.80 Å². The molecule has 2 aliphatic rings. The number of piperidine rings is 1. The van der Waals surface area contributed by atoms with Gasteiger partial charge in [0.25, 0.3) is 5.56 Å². The van der Waals surface area contributed by atoms with Crippen LogP contribution in [0.4, 0.5) is 0 Å². The Bertz CT molecular complexity index is 1470. The molecule has 2 aromatic carbocycles. The van der Waals surface area contributed by atoms with Crippen molar-refractivity contribution in [1.29, 1.82) is 0 Å². The van der Waals surface area contributed by atoms with E-state index in [1.54, 1.807) is 29.2 Å². The summed E-state index contributed by atoms with van der Waals surface area (Å²) in [4.78, 5) is 55.4. The predicted octanol–water partition coefficient (Wildman–Crippen LogP) is 2.49. The molecule has 0 aliphatic carbocycles. The van der Waals surface area contributed by atoms with Crippen LogP contribution in [0.15, 0.2) is 64.3 Å². The standard InChI is InChI=1S/C28H29ClN4O4/c1-30-27(36)23(22-8-4-5-9-24(22)29)17-32(28(30)37)18-26(35)31-13-11-21(12-14-31)33-15-10-19-6-2-3-7-20(19)16-25(33)34/h2-9,17,21H,10-16,18H2,1H3. The van der Waals surface area contributed by atoms with E-state index < -0.39 is 11.2 Å². The van der Waals surface area contributed by atoms with E-state index in [0.717, 1.165) is 16.6 Å². The molecule has 1 saturated heterocycles. The summed E-state index contributed by atoms with van der Waals surface area (Å²) in [5.74, 6) is -0.0579. The number of amides is 2. The zero-order chi connectivity index (χ0) is 26.1. The molecule has 0 N–H and O–H groups in total. The van der Waals surface area contributed by atoms with Gasteiger partial charge in [0.15, 0.2) is 0 Å². The number of carbonyl (C=O) groups excluding carboxylic acids is 2. The van der Waals surface area contributed by atoms with Gasteiger partial charge in [-0.2, -0.15) is 0 Å².